The average molecular weight is 342 g/mol. The van der Waals surface area contributed by atoms with Gasteiger partial charge in [0.15, 0.2) is 0 Å². The van der Waals surface area contributed by atoms with E-state index in [0.717, 1.165) is 15.2 Å². The fourth-order valence-electron chi connectivity index (χ4n) is 2.11. The average Bonchev–Trinajstić information content (AvgIpc) is 2.75. The minimum absolute atomic E-state index is 0.0543. The number of aromatic nitrogens is 1. The number of hydrogen-bond donors (Lipinski definition) is 2. The van der Waals surface area contributed by atoms with Crippen molar-refractivity contribution in [3.63, 3.8) is 0 Å². The van der Waals surface area contributed by atoms with Crippen molar-refractivity contribution in [1.29, 1.82) is 0 Å². The number of carboxylic acids is 1. The summed E-state index contributed by atoms with van der Waals surface area (Å²) in [7, 11) is -3.88. The highest BCUT2D eigenvalue weighted by molar-refractivity contribution is 7.89. The molecular weight excluding hydrogens is 324 g/mol. The Bertz CT molecular complexity index is 796. The zero-order valence-corrected chi connectivity index (χ0v) is 14.2. The summed E-state index contributed by atoms with van der Waals surface area (Å²) in [6, 6.07) is 3.46. The molecule has 6 nitrogen and oxygen atoms in total. The van der Waals surface area contributed by atoms with Gasteiger partial charge in [-0.1, -0.05) is 13.8 Å². The van der Waals surface area contributed by atoms with Gasteiger partial charge in [0.25, 0.3) is 0 Å². The molecule has 1 aromatic carbocycles. The molecule has 0 spiro atoms. The van der Waals surface area contributed by atoms with E-state index in [4.69, 9.17) is 0 Å². The van der Waals surface area contributed by atoms with Crippen LogP contribution in [0.4, 0.5) is 0 Å². The van der Waals surface area contributed by atoms with Gasteiger partial charge >= 0.3 is 5.97 Å². The van der Waals surface area contributed by atoms with Crippen molar-refractivity contribution >= 4 is 37.5 Å². The fourth-order valence-corrected chi connectivity index (χ4v) is 4.28. The summed E-state index contributed by atoms with van der Waals surface area (Å²) < 4.78 is 27.8. The van der Waals surface area contributed by atoms with Crippen LogP contribution in [0.15, 0.2) is 23.1 Å². The molecule has 0 aliphatic heterocycles. The highest BCUT2D eigenvalue weighted by Gasteiger charge is 2.26. The van der Waals surface area contributed by atoms with Gasteiger partial charge in [-0.3, -0.25) is 4.79 Å². The molecule has 0 unspecified atom stereocenters. The number of carboxylic acid groups (broad SMARTS) is 1. The standard InChI is InChI=1S/C14H18N2O4S2/c1-8(2)6-12(14(17)18)16-22(19,20)10-4-5-11-13(7-10)21-9(3)15-11/h4-5,7-8,12,16H,6H2,1-3H3,(H,17,18)/t12-/m0/s1. The Balaban J connectivity index is 2.32. The Morgan fingerprint density at radius 3 is 2.68 bits per heavy atom. The molecular formula is C14H18N2O4S2. The minimum Gasteiger partial charge on any atom is -0.480 e. The van der Waals surface area contributed by atoms with Crippen LogP contribution in [0, 0.1) is 12.8 Å². The second kappa shape index (κ2) is 6.31. The molecule has 0 aliphatic rings. The van der Waals surface area contributed by atoms with Crippen molar-refractivity contribution in [1.82, 2.24) is 9.71 Å². The number of hydrogen-bond acceptors (Lipinski definition) is 5. The second-order valence-electron chi connectivity index (χ2n) is 5.50. The lowest BCUT2D eigenvalue weighted by Crippen LogP contribution is -2.41. The van der Waals surface area contributed by atoms with Gasteiger partial charge in [-0.25, -0.2) is 13.4 Å². The highest BCUT2D eigenvalue weighted by atomic mass is 32.2. The topological polar surface area (TPSA) is 96.4 Å². The van der Waals surface area contributed by atoms with Gasteiger partial charge in [-0.05, 0) is 37.5 Å². The smallest absolute Gasteiger partial charge is 0.321 e. The van der Waals surface area contributed by atoms with Gasteiger partial charge in [0.05, 0.1) is 20.1 Å². The quantitative estimate of drug-likeness (QED) is 0.840. The van der Waals surface area contributed by atoms with E-state index in [0.29, 0.717) is 0 Å². The van der Waals surface area contributed by atoms with E-state index in [1.165, 1.54) is 23.5 Å². The number of benzene rings is 1. The third kappa shape index (κ3) is 3.82. The van der Waals surface area contributed by atoms with E-state index >= 15 is 0 Å². The Hall–Kier alpha value is -1.51. The van der Waals surface area contributed by atoms with E-state index in [-0.39, 0.29) is 17.2 Å². The third-order valence-electron chi connectivity index (χ3n) is 3.08. The first-order valence-corrected chi connectivity index (χ1v) is 9.11. The van der Waals surface area contributed by atoms with Gasteiger partial charge in [0.2, 0.25) is 10.0 Å². The molecule has 8 heteroatoms. The summed E-state index contributed by atoms with van der Waals surface area (Å²) in [4.78, 5) is 15.6. The summed E-state index contributed by atoms with van der Waals surface area (Å²) in [5, 5.41) is 10.0. The van der Waals surface area contributed by atoms with E-state index in [1.54, 1.807) is 6.07 Å². The maximum absolute atomic E-state index is 12.4. The summed E-state index contributed by atoms with van der Waals surface area (Å²) in [5.41, 5.74) is 0.735. The Morgan fingerprint density at radius 2 is 2.09 bits per heavy atom. The van der Waals surface area contributed by atoms with Gasteiger partial charge < -0.3 is 5.11 Å². The largest absolute Gasteiger partial charge is 0.480 e. The molecule has 2 rings (SSSR count). The van der Waals surface area contributed by atoms with Gasteiger partial charge in [0, 0.05) is 0 Å². The molecule has 0 saturated heterocycles. The van der Waals surface area contributed by atoms with Gasteiger partial charge in [-0.15, -0.1) is 11.3 Å². The zero-order valence-electron chi connectivity index (χ0n) is 12.5. The van der Waals surface area contributed by atoms with Crippen LogP contribution < -0.4 is 4.72 Å². The SMILES string of the molecule is Cc1nc2ccc(S(=O)(=O)N[C@@H](CC(C)C)C(=O)O)cc2s1. The van der Waals surface area contributed by atoms with Crippen LogP contribution in [0.5, 0.6) is 0 Å². The Labute approximate surface area is 133 Å². The number of nitrogens with one attached hydrogen (secondary N) is 1. The normalized spacial score (nSPS) is 13.6. The fraction of sp³-hybridized carbons (Fsp3) is 0.429. The summed E-state index contributed by atoms with van der Waals surface area (Å²) >= 11 is 1.40. The van der Waals surface area contributed by atoms with E-state index < -0.39 is 22.0 Å². The number of sulfonamides is 1. The number of thiazole rings is 1. The maximum Gasteiger partial charge on any atom is 0.321 e. The van der Waals surface area contributed by atoms with Crippen molar-refractivity contribution in [2.24, 2.45) is 5.92 Å². The van der Waals surface area contributed by atoms with Crippen molar-refractivity contribution in [2.45, 2.75) is 38.1 Å². The molecule has 120 valence electrons. The maximum atomic E-state index is 12.4. The van der Waals surface area contributed by atoms with Crippen LogP contribution in [0.3, 0.4) is 0 Å². The molecule has 1 heterocycles. The van der Waals surface area contributed by atoms with Crippen LogP contribution in [0.1, 0.15) is 25.3 Å². The van der Waals surface area contributed by atoms with Crippen LogP contribution in [-0.2, 0) is 14.8 Å². The van der Waals surface area contributed by atoms with Crippen molar-refractivity contribution in [2.75, 3.05) is 0 Å². The van der Waals surface area contributed by atoms with E-state index in [1.807, 2.05) is 20.8 Å². The molecule has 0 aliphatic carbocycles. The number of carbonyl (C=O) groups is 1. The predicted octanol–water partition coefficient (Wildman–Crippen LogP) is 2.38. The molecule has 0 amide bonds. The first-order valence-electron chi connectivity index (χ1n) is 6.81. The predicted molar refractivity (Wildman–Crippen MR) is 85.6 cm³/mol. The number of fused-ring (bicyclic) bond motifs is 1. The van der Waals surface area contributed by atoms with Crippen molar-refractivity contribution in [3.05, 3.63) is 23.2 Å². The number of aliphatic carboxylic acids is 1. The first-order chi connectivity index (χ1) is 10.2. The lowest BCUT2D eigenvalue weighted by Gasteiger charge is -2.16. The third-order valence-corrected chi connectivity index (χ3v) is 5.48. The van der Waals surface area contributed by atoms with Crippen LogP contribution in [0.25, 0.3) is 10.2 Å². The number of nitrogens with zero attached hydrogens (tertiary/aromatic N) is 1. The highest BCUT2D eigenvalue weighted by Crippen LogP contribution is 2.24. The van der Waals surface area contributed by atoms with Crippen LogP contribution in [0.2, 0.25) is 0 Å². The molecule has 0 bridgehead atoms. The lowest BCUT2D eigenvalue weighted by molar-refractivity contribution is -0.139. The van der Waals surface area contributed by atoms with E-state index in [9.17, 15) is 18.3 Å². The number of aryl methyl sites for hydroxylation is 1. The van der Waals surface area contributed by atoms with Gasteiger partial charge in [0.1, 0.15) is 6.04 Å². The molecule has 0 saturated carbocycles. The van der Waals surface area contributed by atoms with Crippen LogP contribution in [-0.4, -0.2) is 30.5 Å². The molecule has 0 fully saturated rings. The molecule has 2 N–H and O–H groups in total. The number of rotatable bonds is 6. The summed E-state index contributed by atoms with van der Waals surface area (Å²) in [6.07, 6.45) is 0.233. The summed E-state index contributed by atoms with van der Waals surface area (Å²) in [5.74, 6) is -1.11. The lowest BCUT2D eigenvalue weighted by atomic mass is 10.1. The first kappa shape index (κ1) is 16.9. The minimum atomic E-state index is -3.88. The molecule has 0 radical (unpaired) electrons. The van der Waals surface area contributed by atoms with Crippen LogP contribution >= 0.6 is 11.3 Å². The summed E-state index contributed by atoms with van der Waals surface area (Å²) in [6.45, 7) is 5.53. The molecule has 22 heavy (non-hydrogen) atoms. The molecule has 1 atom stereocenters. The molecule has 2 aromatic rings. The van der Waals surface area contributed by atoms with Crippen molar-refractivity contribution in [3.8, 4) is 0 Å². The van der Waals surface area contributed by atoms with Gasteiger partial charge in [-0.2, -0.15) is 4.72 Å². The van der Waals surface area contributed by atoms with E-state index in [2.05, 4.69) is 9.71 Å². The monoisotopic (exact) mass is 342 g/mol. The second-order valence-corrected chi connectivity index (χ2v) is 8.45. The van der Waals surface area contributed by atoms with Crippen molar-refractivity contribution < 1.29 is 18.3 Å². The zero-order chi connectivity index (χ0) is 16.5. The Morgan fingerprint density at radius 1 is 1.41 bits per heavy atom. The Kier molecular flexibility index (Phi) is 4.84. The molecule has 1 aromatic heterocycles.